The summed E-state index contributed by atoms with van der Waals surface area (Å²) in [6.07, 6.45) is 4.15. The molecule has 5 aromatic rings. The van der Waals surface area contributed by atoms with Crippen molar-refractivity contribution in [3.63, 3.8) is 0 Å². The van der Waals surface area contributed by atoms with Gasteiger partial charge in [-0.15, -0.1) is 0 Å². The van der Waals surface area contributed by atoms with Crippen molar-refractivity contribution in [3.8, 4) is 0 Å². The summed E-state index contributed by atoms with van der Waals surface area (Å²) >= 11 is 0. The van der Waals surface area contributed by atoms with Crippen LogP contribution in [0.1, 0.15) is 16.7 Å². The van der Waals surface area contributed by atoms with E-state index in [2.05, 4.69) is 96.1 Å². The largest absolute Gasteiger partial charge is 0.361 e. The fourth-order valence-corrected chi connectivity index (χ4v) is 4.37. The standard InChI is InChI=1S/C27H18N2/c1-2-10-19-18(8-1)9-7-13-22(19)27(23-16-28-25-14-5-3-11-20(23)25)24-17-29-26-15-6-4-12-21(24)26/h1-17,28H/b27-24+. The highest BCUT2D eigenvalue weighted by Gasteiger charge is 2.21. The maximum Gasteiger partial charge on any atom is 0.0709 e. The molecule has 6 rings (SSSR count). The van der Waals surface area contributed by atoms with E-state index in [4.69, 9.17) is 4.99 Å². The van der Waals surface area contributed by atoms with Gasteiger partial charge in [0.1, 0.15) is 0 Å². The molecule has 4 aromatic carbocycles. The van der Waals surface area contributed by atoms with Crippen LogP contribution in [0.25, 0.3) is 32.8 Å². The molecule has 2 nitrogen and oxygen atoms in total. The van der Waals surface area contributed by atoms with Crippen LogP contribution in [0.3, 0.4) is 0 Å². The van der Waals surface area contributed by atoms with E-state index in [0.717, 1.165) is 11.2 Å². The van der Waals surface area contributed by atoms with Gasteiger partial charge in [-0.1, -0.05) is 78.9 Å². The molecule has 0 radical (unpaired) electrons. The van der Waals surface area contributed by atoms with Crippen LogP contribution in [-0.4, -0.2) is 11.2 Å². The first kappa shape index (κ1) is 16.1. The summed E-state index contributed by atoms with van der Waals surface area (Å²) in [7, 11) is 0. The molecule has 2 heteroatoms. The predicted octanol–water partition coefficient (Wildman–Crippen LogP) is 7.00. The molecule has 1 aromatic heterocycles. The third kappa shape index (κ3) is 2.46. The van der Waals surface area contributed by atoms with E-state index < -0.39 is 0 Å². The average molecular weight is 370 g/mol. The van der Waals surface area contributed by atoms with Gasteiger partial charge < -0.3 is 4.98 Å². The van der Waals surface area contributed by atoms with Crippen molar-refractivity contribution >= 4 is 44.7 Å². The zero-order valence-corrected chi connectivity index (χ0v) is 15.8. The van der Waals surface area contributed by atoms with E-state index in [0.29, 0.717) is 0 Å². The molecule has 0 bridgehead atoms. The summed E-state index contributed by atoms with van der Waals surface area (Å²) in [5, 5.41) is 3.72. The number of benzene rings is 4. The summed E-state index contributed by atoms with van der Waals surface area (Å²) in [4.78, 5) is 8.16. The van der Waals surface area contributed by atoms with Crippen molar-refractivity contribution in [2.45, 2.75) is 0 Å². The third-order valence-electron chi connectivity index (χ3n) is 5.71. The third-order valence-corrected chi connectivity index (χ3v) is 5.71. The number of aromatic amines is 1. The van der Waals surface area contributed by atoms with E-state index in [1.54, 1.807) is 0 Å². The number of hydrogen-bond acceptors (Lipinski definition) is 1. The van der Waals surface area contributed by atoms with Crippen LogP contribution in [0, 0.1) is 0 Å². The van der Waals surface area contributed by atoms with Crippen LogP contribution < -0.4 is 0 Å². The molecule has 2 heterocycles. The van der Waals surface area contributed by atoms with E-state index in [1.807, 2.05) is 12.3 Å². The van der Waals surface area contributed by atoms with Gasteiger partial charge >= 0.3 is 0 Å². The van der Waals surface area contributed by atoms with Crippen LogP contribution in [0.5, 0.6) is 0 Å². The molecule has 0 saturated carbocycles. The van der Waals surface area contributed by atoms with Crippen LogP contribution >= 0.6 is 0 Å². The van der Waals surface area contributed by atoms with Crippen molar-refractivity contribution in [2.75, 3.05) is 0 Å². The first-order chi connectivity index (χ1) is 14.4. The Labute approximate surface area is 168 Å². The number of para-hydroxylation sites is 2. The SMILES string of the molecule is C1=Nc2ccccc2/C1=C(\c1cccc2ccccc12)c1c[nH]c2ccccc12. The van der Waals surface area contributed by atoms with Crippen molar-refractivity contribution in [2.24, 2.45) is 4.99 Å². The fourth-order valence-electron chi connectivity index (χ4n) is 4.37. The number of aromatic nitrogens is 1. The Hall–Kier alpha value is -3.91. The maximum atomic E-state index is 4.70. The molecule has 1 aliphatic heterocycles. The Balaban J connectivity index is 1.76. The minimum absolute atomic E-state index is 1.03. The zero-order valence-electron chi connectivity index (χ0n) is 15.8. The summed E-state index contributed by atoms with van der Waals surface area (Å²) in [6.45, 7) is 0. The lowest BCUT2D eigenvalue weighted by Gasteiger charge is -2.14. The number of aliphatic imine (C=N–C) groups is 1. The normalized spacial score (nSPS) is 14.5. The maximum absolute atomic E-state index is 4.70. The lowest BCUT2D eigenvalue weighted by atomic mass is 9.87. The molecular weight excluding hydrogens is 352 g/mol. The molecule has 0 fully saturated rings. The van der Waals surface area contributed by atoms with Crippen LogP contribution in [-0.2, 0) is 0 Å². The van der Waals surface area contributed by atoms with E-state index >= 15 is 0 Å². The van der Waals surface area contributed by atoms with Gasteiger partial charge in [-0.2, -0.15) is 0 Å². The van der Waals surface area contributed by atoms with Crippen LogP contribution in [0.2, 0.25) is 0 Å². The fraction of sp³-hybridized carbons (Fsp3) is 0. The zero-order chi connectivity index (χ0) is 19.2. The number of nitrogens with zero attached hydrogens (tertiary/aromatic N) is 1. The van der Waals surface area contributed by atoms with Crippen molar-refractivity contribution in [3.05, 3.63) is 114 Å². The quantitative estimate of drug-likeness (QED) is 0.347. The molecule has 0 amide bonds. The number of rotatable bonds is 2. The van der Waals surface area contributed by atoms with Crippen molar-refractivity contribution in [1.29, 1.82) is 0 Å². The van der Waals surface area contributed by atoms with Gasteiger partial charge in [0, 0.05) is 45.6 Å². The van der Waals surface area contributed by atoms with E-state index in [9.17, 15) is 0 Å². The molecule has 0 saturated heterocycles. The van der Waals surface area contributed by atoms with Gasteiger partial charge in [-0.25, -0.2) is 0 Å². The molecule has 0 atom stereocenters. The van der Waals surface area contributed by atoms with E-state index in [-0.39, 0.29) is 0 Å². The Morgan fingerprint density at radius 1 is 0.655 bits per heavy atom. The second-order valence-electron chi connectivity index (χ2n) is 7.34. The number of hydrogen-bond donors (Lipinski definition) is 1. The van der Waals surface area contributed by atoms with Gasteiger partial charge in [0.25, 0.3) is 0 Å². The predicted molar refractivity (Wildman–Crippen MR) is 123 cm³/mol. The van der Waals surface area contributed by atoms with Gasteiger partial charge in [0.15, 0.2) is 0 Å². The Bertz CT molecular complexity index is 1440. The van der Waals surface area contributed by atoms with E-state index in [1.165, 1.54) is 44.0 Å². The molecular formula is C27H18N2. The Kier molecular flexibility index (Phi) is 3.50. The smallest absolute Gasteiger partial charge is 0.0709 e. The first-order valence-corrected chi connectivity index (χ1v) is 9.82. The monoisotopic (exact) mass is 370 g/mol. The highest BCUT2D eigenvalue weighted by molar-refractivity contribution is 6.29. The minimum atomic E-state index is 1.03. The molecule has 1 N–H and O–H groups in total. The highest BCUT2D eigenvalue weighted by Crippen LogP contribution is 2.42. The first-order valence-electron chi connectivity index (χ1n) is 9.82. The summed E-state index contributed by atoms with van der Waals surface area (Å²) in [5.74, 6) is 0. The molecule has 1 aliphatic rings. The second-order valence-corrected chi connectivity index (χ2v) is 7.34. The average Bonchev–Trinajstić information content (AvgIpc) is 3.40. The lowest BCUT2D eigenvalue weighted by molar-refractivity contribution is 1.46. The molecule has 136 valence electrons. The van der Waals surface area contributed by atoms with Crippen molar-refractivity contribution in [1.82, 2.24) is 4.98 Å². The van der Waals surface area contributed by atoms with Crippen molar-refractivity contribution < 1.29 is 0 Å². The van der Waals surface area contributed by atoms with Gasteiger partial charge in [-0.3, -0.25) is 4.99 Å². The molecule has 29 heavy (non-hydrogen) atoms. The van der Waals surface area contributed by atoms with Crippen LogP contribution in [0.15, 0.2) is 102 Å². The second kappa shape index (κ2) is 6.32. The summed E-state index contributed by atoms with van der Waals surface area (Å²) in [5.41, 5.74) is 8.17. The number of nitrogens with one attached hydrogen (secondary N) is 1. The molecule has 0 spiro atoms. The summed E-state index contributed by atoms with van der Waals surface area (Å²) < 4.78 is 0. The molecule has 0 aliphatic carbocycles. The number of allylic oxidation sites excluding steroid dienone is 1. The number of H-pyrrole nitrogens is 1. The molecule has 0 unspecified atom stereocenters. The Morgan fingerprint density at radius 2 is 1.41 bits per heavy atom. The number of fused-ring (bicyclic) bond motifs is 3. The lowest BCUT2D eigenvalue weighted by Crippen LogP contribution is -1.95. The minimum Gasteiger partial charge on any atom is -0.361 e. The Morgan fingerprint density at radius 3 is 2.38 bits per heavy atom. The highest BCUT2D eigenvalue weighted by atomic mass is 14.8. The summed E-state index contributed by atoms with van der Waals surface area (Å²) in [6, 6.07) is 32.0. The van der Waals surface area contributed by atoms with Gasteiger partial charge in [0.05, 0.1) is 5.69 Å². The topological polar surface area (TPSA) is 28.1 Å². The van der Waals surface area contributed by atoms with Gasteiger partial charge in [-0.05, 0) is 28.5 Å². The van der Waals surface area contributed by atoms with Crippen LogP contribution in [0.4, 0.5) is 5.69 Å². The van der Waals surface area contributed by atoms with Gasteiger partial charge in [0.2, 0.25) is 0 Å².